The number of hydrogen-bond donors (Lipinski definition) is 1. The molecule has 0 fully saturated rings. The van der Waals surface area contributed by atoms with Crippen molar-refractivity contribution in [1.82, 2.24) is 4.90 Å². The minimum atomic E-state index is 0.0432. The second kappa shape index (κ2) is 5.73. The summed E-state index contributed by atoms with van der Waals surface area (Å²) in [5.74, 6) is 2.71. The van der Waals surface area contributed by atoms with Crippen LogP contribution in [0.15, 0.2) is 37.8 Å². The molecule has 0 aliphatic rings. The SMILES string of the molecule is Cc1ccc(CN(C)C(CN)c2ccc(Br)o2)o1. The van der Waals surface area contributed by atoms with E-state index in [4.69, 9.17) is 14.6 Å². The van der Waals surface area contributed by atoms with Gasteiger partial charge in [0.25, 0.3) is 0 Å². The number of rotatable bonds is 5. The molecule has 2 aromatic rings. The average Bonchev–Trinajstić information content (AvgIpc) is 2.89. The molecule has 1 atom stereocenters. The first-order valence-electron chi connectivity index (χ1n) is 5.81. The van der Waals surface area contributed by atoms with E-state index in [1.807, 2.05) is 38.2 Å². The van der Waals surface area contributed by atoms with Crippen molar-refractivity contribution in [2.45, 2.75) is 19.5 Å². The van der Waals surface area contributed by atoms with Crippen LogP contribution in [0.4, 0.5) is 0 Å². The van der Waals surface area contributed by atoms with Gasteiger partial charge in [-0.3, -0.25) is 4.90 Å². The van der Waals surface area contributed by atoms with Gasteiger partial charge in [-0.2, -0.15) is 0 Å². The molecule has 2 aromatic heterocycles. The molecule has 0 bridgehead atoms. The van der Waals surface area contributed by atoms with Gasteiger partial charge in [-0.25, -0.2) is 0 Å². The highest BCUT2D eigenvalue weighted by Gasteiger charge is 2.20. The van der Waals surface area contributed by atoms with Crippen LogP contribution in [0.3, 0.4) is 0 Å². The van der Waals surface area contributed by atoms with Crippen molar-refractivity contribution in [3.63, 3.8) is 0 Å². The zero-order valence-electron chi connectivity index (χ0n) is 10.5. The van der Waals surface area contributed by atoms with E-state index >= 15 is 0 Å². The molecule has 0 spiro atoms. The van der Waals surface area contributed by atoms with Crippen molar-refractivity contribution in [3.8, 4) is 0 Å². The minimum Gasteiger partial charge on any atom is -0.465 e. The molecular formula is C13H17BrN2O2. The van der Waals surface area contributed by atoms with Gasteiger partial charge in [-0.1, -0.05) is 0 Å². The second-order valence-electron chi connectivity index (χ2n) is 4.32. The largest absolute Gasteiger partial charge is 0.465 e. The molecule has 2 heterocycles. The zero-order chi connectivity index (χ0) is 13.1. The minimum absolute atomic E-state index is 0.0432. The number of hydrogen-bond acceptors (Lipinski definition) is 4. The Morgan fingerprint density at radius 3 is 2.56 bits per heavy atom. The van der Waals surface area contributed by atoms with Crippen molar-refractivity contribution >= 4 is 15.9 Å². The third-order valence-electron chi connectivity index (χ3n) is 2.88. The maximum absolute atomic E-state index is 5.83. The maximum Gasteiger partial charge on any atom is 0.169 e. The van der Waals surface area contributed by atoms with Gasteiger partial charge in [0.15, 0.2) is 4.67 Å². The highest BCUT2D eigenvalue weighted by Crippen LogP contribution is 2.25. The standard InChI is InChI=1S/C13H17BrN2O2/c1-9-3-4-10(17-9)8-16(2)11(7-15)12-5-6-13(14)18-12/h3-6,11H,7-8,15H2,1-2H3. The Balaban J connectivity index is 2.08. The molecule has 2 rings (SSSR count). The lowest BCUT2D eigenvalue weighted by Crippen LogP contribution is -2.29. The highest BCUT2D eigenvalue weighted by molar-refractivity contribution is 9.10. The highest BCUT2D eigenvalue weighted by atomic mass is 79.9. The lowest BCUT2D eigenvalue weighted by molar-refractivity contribution is 0.196. The van der Waals surface area contributed by atoms with Crippen LogP contribution in [0.25, 0.3) is 0 Å². The molecule has 4 nitrogen and oxygen atoms in total. The number of likely N-dealkylation sites (N-methyl/N-ethyl adjacent to an activating group) is 1. The molecule has 0 aromatic carbocycles. The fraction of sp³-hybridized carbons (Fsp3) is 0.385. The monoisotopic (exact) mass is 312 g/mol. The van der Waals surface area contributed by atoms with Crippen LogP contribution < -0.4 is 5.73 Å². The van der Waals surface area contributed by atoms with Gasteiger partial charge >= 0.3 is 0 Å². The van der Waals surface area contributed by atoms with E-state index in [1.165, 1.54) is 0 Å². The summed E-state index contributed by atoms with van der Waals surface area (Å²) in [6, 6.07) is 7.80. The Kier molecular flexibility index (Phi) is 4.27. The lowest BCUT2D eigenvalue weighted by Gasteiger charge is -2.24. The number of halogens is 1. The van der Waals surface area contributed by atoms with Gasteiger partial charge in [0.2, 0.25) is 0 Å². The van der Waals surface area contributed by atoms with Crippen LogP contribution in [-0.2, 0) is 6.54 Å². The van der Waals surface area contributed by atoms with Gasteiger partial charge in [0.05, 0.1) is 12.6 Å². The van der Waals surface area contributed by atoms with Crippen LogP contribution in [-0.4, -0.2) is 18.5 Å². The maximum atomic E-state index is 5.83. The Labute approximate surface area is 115 Å². The second-order valence-corrected chi connectivity index (χ2v) is 5.10. The third kappa shape index (κ3) is 3.04. The van der Waals surface area contributed by atoms with Crippen LogP contribution in [0.2, 0.25) is 0 Å². The van der Waals surface area contributed by atoms with E-state index in [0.29, 0.717) is 13.1 Å². The van der Waals surface area contributed by atoms with Gasteiger partial charge in [-0.15, -0.1) is 0 Å². The van der Waals surface area contributed by atoms with Crippen LogP contribution >= 0.6 is 15.9 Å². The van der Waals surface area contributed by atoms with Crippen LogP contribution in [0, 0.1) is 6.92 Å². The third-order valence-corrected chi connectivity index (χ3v) is 3.31. The van der Waals surface area contributed by atoms with E-state index in [9.17, 15) is 0 Å². The molecule has 0 radical (unpaired) electrons. The van der Waals surface area contributed by atoms with Gasteiger partial charge < -0.3 is 14.6 Å². The van der Waals surface area contributed by atoms with E-state index in [1.54, 1.807) is 0 Å². The van der Waals surface area contributed by atoms with Crippen LogP contribution in [0.1, 0.15) is 23.3 Å². The van der Waals surface area contributed by atoms with Gasteiger partial charge in [0.1, 0.15) is 17.3 Å². The number of nitrogens with two attached hydrogens (primary N) is 1. The molecule has 0 aliphatic heterocycles. The molecule has 0 aliphatic carbocycles. The number of nitrogens with zero attached hydrogens (tertiary/aromatic N) is 1. The van der Waals surface area contributed by atoms with E-state index in [-0.39, 0.29) is 6.04 Å². The number of aryl methyl sites for hydroxylation is 1. The van der Waals surface area contributed by atoms with E-state index in [2.05, 4.69) is 20.8 Å². The summed E-state index contributed by atoms with van der Waals surface area (Å²) in [5.41, 5.74) is 5.83. The summed E-state index contributed by atoms with van der Waals surface area (Å²) in [6.07, 6.45) is 0. The summed E-state index contributed by atoms with van der Waals surface area (Å²) in [5, 5.41) is 0. The summed E-state index contributed by atoms with van der Waals surface area (Å²) < 4.78 is 11.9. The smallest absolute Gasteiger partial charge is 0.169 e. The first kappa shape index (κ1) is 13.4. The fourth-order valence-electron chi connectivity index (χ4n) is 1.95. The lowest BCUT2D eigenvalue weighted by atomic mass is 10.2. The normalized spacial score (nSPS) is 13.2. The summed E-state index contributed by atoms with van der Waals surface area (Å²) in [6.45, 7) is 3.14. The molecule has 1 unspecified atom stereocenters. The molecule has 0 saturated heterocycles. The Morgan fingerprint density at radius 2 is 2.06 bits per heavy atom. The quantitative estimate of drug-likeness (QED) is 0.921. The Bertz CT molecular complexity index is 507. The predicted octanol–water partition coefficient (Wildman–Crippen LogP) is 3.08. The summed E-state index contributed by atoms with van der Waals surface area (Å²) >= 11 is 3.30. The predicted molar refractivity (Wildman–Crippen MR) is 73.1 cm³/mol. The van der Waals surface area contributed by atoms with Crippen molar-refractivity contribution < 1.29 is 8.83 Å². The van der Waals surface area contributed by atoms with Crippen molar-refractivity contribution in [3.05, 3.63) is 46.2 Å². The summed E-state index contributed by atoms with van der Waals surface area (Å²) in [7, 11) is 2.01. The molecule has 18 heavy (non-hydrogen) atoms. The van der Waals surface area contributed by atoms with Crippen LogP contribution in [0.5, 0.6) is 0 Å². The van der Waals surface area contributed by atoms with E-state index in [0.717, 1.165) is 22.0 Å². The fourth-order valence-corrected chi connectivity index (χ4v) is 2.27. The molecule has 2 N–H and O–H groups in total. The number of furan rings is 2. The first-order valence-corrected chi connectivity index (χ1v) is 6.60. The van der Waals surface area contributed by atoms with Crippen molar-refractivity contribution in [2.24, 2.45) is 5.73 Å². The van der Waals surface area contributed by atoms with Crippen molar-refractivity contribution in [2.75, 3.05) is 13.6 Å². The van der Waals surface area contributed by atoms with Crippen molar-refractivity contribution in [1.29, 1.82) is 0 Å². The summed E-state index contributed by atoms with van der Waals surface area (Å²) in [4.78, 5) is 2.11. The zero-order valence-corrected chi connectivity index (χ0v) is 12.1. The Morgan fingerprint density at radius 1 is 1.28 bits per heavy atom. The Hall–Kier alpha value is -1.04. The molecular weight excluding hydrogens is 296 g/mol. The van der Waals surface area contributed by atoms with Gasteiger partial charge in [0, 0.05) is 6.54 Å². The van der Waals surface area contributed by atoms with Gasteiger partial charge in [-0.05, 0) is 54.2 Å². The molecule has 5 heteroatoms. The molecule has 0 amide bonds. The first-order chi connectivity index (χ1) is 8.60. The molecule has 98 valence electrons. The average molecular weight is 313 g/mol. The molecule has 0 saturated carbocycles. The topological polar surface area (TPSA) is 55.5 Å². The van der Waals surface area contributed by atoms with E-state index < -0.39 is 0 Å².